The molecule has 1 fully saturated rings. The van der Waals surface area contributed by atoms with Crippen molar-refractivity contribution in [2.75, 3.05) is 7.11 Å². The maximum atomic E-state index is 11.5. The highest BCUT2D eigenvalue weighted by molar-refractivity contribution is 5.46. The summed E-state index contributed by atoms with van der Waals surface area (Å²) in [7, 11) is 1.76. The lowest BCUT2D eigenvalue weighted by Crippen LogP contribution is -2.49. The fraction of sp³-hybridized carbons (Fsp3) is 0.714. The first-order valence-electron chi connectivity index (χ1n) is 9.19. The molecule has 1 saturated carbocycles. The standard InChI is InChI=1S/C21H32O2/c1-14(2)17-11-15-7-8-19-20(3,4)9-6-10-21(19,22)13-16(15)12-18(17)23-5/h11-12,14,19,22H,6-10,13H2,1-5H3. The Bertz CT molecular complexity index is 588. The Hall–Kier alpha value is -1.02. The van der Waals surface area contributed by atoms with E-state index in [0.717, 1.165) is 37.9 Å². The zero-order valence-corrected chi connectivity index (χ0v) is 15.4. The number of ether oxygens (including phenoxy) is 1. The van der Waals surface area contributed by atoms with Gasteiger partial charge in [-0.25, -0.2) is 0 Å². The fourth-order valence-electron chi connectivity index (χ4n) is 5.14. The van der Waals surface area contributed by atoms with E-state index in [1.165, 1.54) is 23.1 Å². The van der Waals surface area contributed by atoms with Crippen LogP contribution in [0.2, 0.25) is 0 Å². The van der Waals surface area contributed by atoms with Gasteiger partial charge < -0.3 is 9.84 Å². The Morgan fingerprint density at radius 2 is 1.91 bits per heavy atom. The Morgan fingerprint density at radius 1 is 1.17 bits per heavy atom. The zero-order valence-electron chi connectivity index (χ0n) is 15.4. The van der Waals surface area contributed by atoms with Gasteiger partial charge in [0.1, 0.15) is 5.75 Å². The minimum atomic E-state index is -0.544. The monoisotopic (exact) mass is 316 g/mol. The van der Waals surface area contributed by atoms with E-state index in [0.29, 0.717) is 11.8 Å². The zero-order chi connectivity index (χ0) is 16.8. The van der Waals surface area contributed by atoms with Crippen LogP contribution in [0.4, 0.5) is 0 Å². The Balaban J connectivity index is 2.03. The van der Waals surface area contributed by atoms with Gasteiger partial charge >= 0.3 is 0 Å². The fourth-order valence-corrected chi connectivity index (χ4v) is 5.14. The number of hydrogen-bond donors (Lipinski definition) is 1. The van der Waals surface area contributed by atoms with Crippen molar-refractivity contribution < 1.29 is 9.84 Å². The van der Waals surface area contributed by atoms with Gasteiger partial charge in [-0.1, -0.05) is 40.2 Å². The smallest absolute Gasteiger partial charge is 0.122 e. The first kappa shape index (κ1) is 16.8. The molecular weight excluding hydrogens is 284 g/mol. The highest BCUT2D eigenvalue weighted by Crippen LogP contribution is 2.51. The second-order valence-corrected chi connectivity index (χ2v) is 8.73. The first-order valence-corrected chi connectivity index (χ1v) is 9.19. The van der Waals surface area contributed by atoms with Crippen molar-refractivity contribution >= 4 is 0 Å². The van der Waals surface area contributed by atoms with Crippen LogP contribution >= 0.6 is 0 Å². The minimum absolute atomic E-state index is 0.236. The van der Waals surface area contributed by atoms with Crippen LogP contribution in [0.25, 0.3) is 0 Å². The summed E-state index contributed by atoms with van der Waals surface area (Å²) in [6.07, 6.45) is 6.27. The van der Waals surface area contributed by atoms with Crippen LogP contribution < -0.4 is 4.74 Å². The molecule has 2 aliphatic rings. The lowest BCUT2D eigenvalue weighted by Gasteiger charge is -2.49. The third-order valence-electron chi connectivity index (χ3n) is 6.40. The molecule has 1 N–H and O–H groups in total. The molecule has 0 aliphatic heterocycles. The van der Waals surface area contributed by atoms with E-state index in [9.17, 15) is 5.11 Å². The van der Waals surface area contributed by atoms with Crippen molar-refractivity contribution in [1.82, 2.24) is 0 Å². The molecule has 2 aliphatic carbocycles. The van der Waals surface area contributed by atoms with Crippen molar-refractivity contribution in [1.29, 1.82) is 0 Å². The summed E-state index contributed by atoms with van der Waals surface area (Å²) in [5, 5.41) is 11.5. The van der Waals surface area contributed by atoms with Gasteiger partial charge in [0.25, 0.3) is 0 Å². The van der Waals surface area contributed by atoms with E-state index in [-0.39, 0.29) is 5.41 Å². The topological polar surface area (TPSA) is 29.5 Å². The molecule has 2 heteroatoms. The molecule has 0 heterocycles. The van der Waals surface area contributed by atoms with Crippen LogP contribution in [0, 0.1) is 11.3 Å². The van der Waals surface area contributed by atoms with E-state index in [1.807, 2.05) is 0 Å². The Kier molecular flexibility index (Phi) is 4.25. The molecule has 2 unspecified atom stereocenters. The van der Waals surface area contributed by atoms with Crippen LogP contribution in [0.3, 0.4) is 0 Å². The van der Waals surface area contributed by atoms with Crippen LogP contribution in [0.1, 0.15) is 76.0 Å². The Labute approximate surface area is 141 Å². The highest BCUT2D eigenvalue weighted by atomic mass is 16.5. The van der Waals surface area contributed by atoms with E-state index in [1.54, 1.807) is 7.11 Å². The molecule has 0 bridgehead atoms. The molecule has 0 radical (unpaired) electrons. The molecule has 0 spiro atoms. The third-order valence-corrected chi connectivity index (χ3v) is 6.40. The SMILES string of the molecule is COc1cc2c(cc1C(C)C)CCC1C(C)(C)CCCC1(O)C2. The predicted octanol–water partition coefficient (Wildman–Crippen LogP) is 4.86. The van der Waals surface area contributed by atoms with E-state index in [4.69, 9.17) is 4.74 Å². The maximum Gasteiger partial charge on any atom is 0.122 e. The molecule has 1 aromatic carbocycles. The summed E-state index contributed by atoms with van der Waals surface area (Å²) < 4.78 is 5.64. The summed E-state index contributed by atoms with van der Waals surface area (Å²) in [6.45, 7) is 9.13. The maximum absolute atomic E-state index is 11.5. The molecule has 128 valence electrons. The van der Waals surface area contributed by atoms with Gasteiger partial charge in [-0.15, -0.1) is 0 Å². The second kappa shape index (κ2) is 5.81. The molecule has 0 saturated heterocycles. The molecule has 3 rings (SSSR count). The van der Waals surface area contributed by atoms with Gasteiger partial charge in [0.05, 0.1) is 12.7 Å². The third kappa shape index (κ3) is 2.91. The largest absolute Gasteiger partial charge is 0.496 e. The predicted molar refractivity (Wildman–Crippen MR) is 95.2 cm³/mol. The average Bonchev–Trinajstić information content (AvgIpc) is 2.61. The molecule has 0 aromatic heterocycles. The first-order chi connectivity index (χ1) is 10.8. The number of hydrogen-bond acceptors (Lipinski definition) is 2. The molecule has 1 aromatic rings. The van der Waals surface area contributed by atoms with Gasteiger partial charge in [-0.3, -0.25) is 0 Å². The van der Waals surface area contributed by atoms with Crippen LogP contribution in [0.15, 0.2) is 12.1 Å². The quantitative estimate of drug-likeness (QED) is 0.844. The minimum Gasteiger partial charge on any atom is -0.496 e. The van der Waals surface area contributed by atoms with Crippen molar-refractivity contribution in [3.63, 3.8) is 0 Å². The van der Waals surface area contributed by atoms with Gasteiger partial charge in [0.15, 0.2) is 0 Å². The lowest BCUT2D eigenvalue weighted by atomic mass is 9.59. The van der Waals surface area contributed by atoms with Crippen molar-refractivity contribution in [3.05, 3.63) is 28.8 Å². The van der Waals surface area contributed by atoms with Crippen LogP contribution in [-0.4, -0.2) is 17.8 Å². The molecule has 2 atom stereocenters. The number of benzene rings is 1. The molecular formula is C21H32O2. The number of fused-ring (bicyclic) bond motifs is 2. The summed E-state index contributed by atoms with van der Waals surface area (Å²) in [6, 6.07) is 4.54. The Morgan fingerprint density at radius 3 is 2.57 bits per heavy atom. The van der Waals surface area contributed by atoms with E-state index >= 15 is 0 Å². The van der Waals surface area contributed by atoms with Gasteiger partial charge in [-0.05, 0) is 65.7 Å². The van der Waals surface area contributed by atoms with Crippen LogP contribution in [-0.2, 0) is 12.8 Å². The lowest BCUT2D eigenvalue weighted by molar-refractivity contribution is -0.102. The number of methoxy groups -OCH3 is 1. The number of aryl methyl sites for hydroxylation is 1. The van der Waals surface area contributed by atoms with Crippen molar-refractivity contribution in [2.24, 2.45) is 11.3 Å². The highest BCUT2D eigenvalue weighted by Gasteiger charge is 2.49. The summed E-state index contributed by atoms with van der Waals surface area (Å²) >= 11 is 0. The molecule has 2 nitrogen and oxygen atoms in total. The molecule has 0 amide bonds. The summed E-state index contributed by atoms with van der Waals surface area (Å²) in [5.41, 5.74) is 3.71. The van der Waals surface area contributed by atoms with E-state index < -0.39 is 5.60 Å². The van der Waals surface area contributed by atoms with E-state index in [2.05, 4.69) is 39.8 Å². The number of rotatable bonds is 2. The van der Waals surface area contributed by atoms with Crippen molar-refractivity contribution in [2.45, 2.75) is 77.7 Å². The summed E-state index contributed by atoms with van der Waals surface area (Å²) in [4.78, 5) is 0. The second-order valence-electron chi connectivity index (χ2n) is 8.73. The number of aliphatic hydroxyl groups is 1. The van der Waals surface area contributed by atoms with Gasteiger partial charge in [0.2, 0.25) is 0 Å². The summed E-state index contributed by atoms with van der Waals surface area (Å²) in [5.74, 6) is 1.83. The average molecular weight is 316 g/mol. The van der Waals surface area contributed by atoms with Gasteiger partial charge in [0, 0.05) is 6.42 Å². The van der Waals surface area contributed by atoms with Gasteiger partial charge in [-0.2, -0.15) is 0 Å². The normalized spacial score (nSPS) is 29.6. The van der Waals surface area contributed by atoms with Crippen molar-refractivity contribution in [3.8, 4) is 5.75 Å². The van der Waals surface area contributed by atoms with Crippen LogP contribution in [0.5, 0.6) is 5.75 Å². The molecule has 23 heavy (non-hydrogen) atoms.